The lowest BCUT2D eigenvalue weighted by atomic mass is 9.98. The molecule has 2 saturated heterocycles. The molecule has 0 saturated carbocycles. The Kier molecular flexibility index (Phi) is 3.43. The molecule has 0 bridgehead atoms. The van der Waals surface area contributed by atoms with Crippen molar-refractivity contribution in [3.63, 3.8) is 0 Å². The van der Waals surface area contributed by atoms with Gasteiger partial charge in [-0.3, -0.25) is 0 Å². The van der Waals surface area contributed by atoms with Crippen LogP contribution in [0.4, 0.5) is 0 Å². The molecule has 0 aromatic carbocycles. The second-order valence-corrected chi connectivity index (χ2v) is 7.43. The van der Waals surface area contributed by atoms with Crippen LogP contribution in [0.2, 0.25) is 0 Å². The monoisotopic (exact) mass is 298 g/mol. The number of sulfonamides is 1. The van der Waals surface area contributed by atoms with Crippen molar-refractivity contribution < 1.29 is 17.9 Å². The lowest BCUT2D eigenvalue weighted by Crippen LogP contribution is -2.35. The van der Waals surface area contributed by atoms with Gasteiger partial charge in [-0.25, -0.2) is 13.4 Å². The molecule has 0 unspecified atom stereocenters. The summed E-state index contributed by atoms with van der Waals surface area (Å²) in [6.45, 7) is 1.43. The third-order valence-corrected chi connectivity index (χ3v) is 5.10. The van der Waals surface area contributed by atoms with Gasteiger partial charge in [0.05, 0.1) is 18.5 Å². The zero-order valence-electron chi connectivity index (χ0n) is 11.4. The van der Waals surface area contributed by atoms with Crippen LogP contribution in [0.1, 0.15) is 12.8 Å². The molecule has 20 heavy (non-hydrogen) atoms. The van der Waals surface area contributed by atoms with Crippen molar-refractivity contribution in [2.45, 2.75) is 24.5 Å². The number of rotatable bonds is 3. The Morgan fingerprint density at radius 3 is 3.00 bits per heavy atom. The van der Waals surface area contributed by atoms with E-state index < -0.39 is 10.0 Å². The smallest absolute Gasteiger partial charge is 0.213 e. The maximum atomic E-state index is 11.6. The van der Waals surface area contributed by atoms with Gasteiger partial charge in [0.1, 0.15) is 6.10 Å². The summed E-state index contributed by atoms with van der Waals surface area (Å²) in [4.78, 5) is 4.13. The second-order valence-electron chi connectivity index (χ2n) is 5.45. The fourth-order valence-corrected chi connectivity index (χ4v) is 3.73. The average molecular weight is 298 g/mol. The lowest BCUT2D eigenvalue weighted by molar-refractivity contribution is 0.0142. The first-order valence-electron chi connectivity index (χ1n) is 6.64. The molecule has 7 heteroatoms. The standard InChI is InChI=1S/C13H18N2O4S/c1-20(16,17)15-7-5-13(10-15)8-11(9-18-13)19-12-4-2-3-6-14-12/h2-4,6,11H,5,7-10H2,1H3/t11-,13-/m0/s1. The van der Waals surface area contributed by atoms with Crippen LogP contribution < -0.4 is 4.74 Å². The Morgan fingerprint density at radius 1 is 1.50 bits per heavy atom. The maximum Gasteiger partial charge on any atom is 0.213 e. The number of ether oxygens (including phenoxy) is 2. The molecule has 2 fully saturated rings. The van der Waals surface area contributed by atoms with Crippen molar-refractivity contribution in [2.75, 3.05) is 26.0 Å². The van der Waals surface area contributed by atoms with Crippen LogP contribution >= 0.6 is 0 Å². The van der Waals surface area contributed by atoms with Crippen LogP contribution in [0.3, 0.4) is 0 Å². The molecule has 0 amide bonds. The van der Waals surface area contributed by atoms with E-state index in [1.54, 1.807) is 6.20 Å². The van der Waals surface area contributed by atoms with Gasteiger partial charge in [0, 0.05) is 31.8 Å². The molecule has 2 aliphatic rings. The first kappa shape index (κ1) is 13.8. The third-order valence-electron chi connectivity index (χ3n) is 3.85. The molecule has 0 N–H and O–H groups in total. The van der Waals surface area contributed by atoms with E-state index in [1.165, 1.54) is 10.6 Å². The molecular weight excluding hydrogens is 280 g/mol. The second kappa shape index (κ2) is 4.98. The Bertz CT molecular complexity index is 577. The van der Waals surface area contributed by atoms with Crippen molar-refractivity contribution >= 4 is 10.0 Å². The average Bonchev–Trinajstić information content (AvgIpc) is 2.99. The molecule has 1 aromatic heterocycles. The van der Waals surface area contributed by atoms with Crippen LogP contribution in [0.5, 0.6) is 5.88 Å². The van der Waals surface area contributed by atoms with Crippen molar-refractivity contribution in [1.82, 2.24) is 9.29 Å². The van der Waals surface area contributed by atoms with Gasteiger partial charge in [-0.2, -0.15) is 4.31 Å². The number of pyridine rings is 1. The largest absolute Gasteiger partial charge is 0.472 e. The summed E-state index contributed by atoms with van der Waals surface area (Å²) in [7, 11) is -3.14. The van der Waals surface area contributed by atoms with E-state index in [4.69, 9.17) is 9.47 Å². The van der Waals surface area contributed by atoms with Gasteiger partial charge >= 0.3 is 0 Å². The zero-order valence-corrected chi connectivity index (χ0v) is 12.2. The summed E-state index contributed by atoms with van der Waals surface area (Å²) in [5.41, 5.74) is -0.386. The molecule has 1 aromatic rings. The van der Waals surface area contributed by atoms with Gasteiger partial charge in [0.25, 0.3) is 0 Å². The molecule has 0 radical (unpaired) electrons. The lowest BCUT2D eigenvalue weighted by Gasteiger charge is -2.22. The van der Waals surface area contributed by atoms with Crippen molar-refractivity contribution in [1.29, 1.82) is 0 Å². The number of hydrogen-bond acceptors (Lipinski definition) is 5. The van der Waals surface area contributed by atoms with E-state index in [-0.39, 0.29) is 11.7 Å². The fourth-order valence-electron chi connectivity index (χ4n) is 2.84. The fraction of sp³-hybridized carbons (Fsp3) is 0.615. The molecule has 1 spiro atoms. The summed E-state index contributed by atoms with van der Waals surface area (Å²) in [5, 5.41) is 0. The van der Waals surface area contributed by atoms with Gasteiger partial charge in [-0.1, -0.05) is 6.07 Å². The van der Waals surface area contributed by atoms with Crippen LogP contribution in [-0.4, -0.2) is 55.4 Å². The maximum absolute atomic E-state index is 11.6. The first-order valence-corrected chi connectivity index (χ1v) is 8.49. The highest BCUT2D eigenvalue weighted by Gasteiger charge is 2.48. The third kappa shape index (κ3) is 2.79. The summed E-state index contributed by atoms with van der Waals surface area (Å²) in [6, 6.07) is 5.51. The molecule has 3 rings (SSSR count). The minimum absolute atomic E-state index is 0.0654. The molecule has 0 aliphatic carbocycles. The molecule has 6 nitrogen and oxygen atoms in total. The van der Waals surface area contributed by atoms with E-state index in [0.29, 0.717) is 32.0 Å². The van der Waals surface area contributed by atoms with Crippen molar-refractivity contribution in [3.8, 4) is 5.88 Å². The van der Waals surface area contributed by atoms with Gasteiger partial charge in [-0.05, 0) is 12.5 Å². The minimum atomic E-state index is -3.14. The van der Waals surface area contributed by atoms with E-state index in [1.807, 2.05) is 18.2 Å². The van der Waals surface area contributed by atoms with E-state index in [0.717, 1.165) is 6.42 Å². The number of nitrogens with zero attached hydrogens (tertiary/aromatic N) is 2. The zero-order chi connectivity index (χ0) is 14.2. The van der Waals surface area contributed by atoms with E-state index in [9.17, 15) is 8.42 Å². The molecule has 3 heterocycles. The Hall–Kier alpha value is -1.18. The highest BCUT2D eigenvalue weighted by atomic mass is 32.2. The highest BCUT2D eigenvalue weighted by Crippen LogP contribution is 2.37. The predicted octanol–water partition coefficient (Wildman–Crippen LogP) is 0.653. The van der Waals surface area contributed by atoms with Gasteiger partial charge in [0.15, 0.2) is 0 Å². The Morgan fingerprint density at radius 2 is 2.35 bits per heavy atom. The Labute approximate surface area is 118 Å². The van der Waals surface area contributed by atoms with Gasteiger partial charge in [0.2, 0.25) is 15.9 Å². The van der Waals surface area contributed by atoms with Crippen LogP contribution in [0.15, 0.2) is 24.4 Å². The topological polar surface area (TPSA) is 68.7 Å². The molecule has 2 aliphatic heterocycles. The molecule has 2 atom stereocenters. The first-order chi connectivity index (χ1) is 9.47. The van der Waals surface area contributed by atoms with Gasteiger partial charge in [-0.15, -0.1) is 0 Å². The molecule has 110 valence electrons. The van der Waals surface area contributed by atoms with Crippen LogP contribution in [0.25, 0.3) is 0 Å². The summed E-state index contributed by atoms with van der Waals surface area (Å²) >= 11 is 0. The van der Waals surface area contributed by atoms with Gasteiger partial charge < -0.3 is 9.47 Å². The predicted molar refractivity (Wildman–Crippen MR) is 73.0 cm³/mol. The van der Waals surface area contributed by atoms with E-state index >= 15 is 0 Å². The number of aromatic nitrogens is 1. The summed E-state index contributed by atoms with van der Waals surface area (Å²) in [6.07, 6.45) is 4.28. The number of hydrogen-bond donors (Lipinski definition) is 0. The van der Waals surface area contributed by atoms with Crippen molar-refractivity contribution in [2.24, 2.45) is 0 Å². The summed E-state index contributed by atoms with van der Waals surface area (Å²) in [5.74, 6) is 0.580. The SMILES string of the molecule is CS(=O)(=O)N1CC[C@]2(C[C@H](Oc3ccccn3)CO2)C1. The highest BCUT2D eigenvalue weighted by molar-refractivity contribution is 7.88. The van der Waals surface area contributed by atoms with E-state index in [2.05, 4.69) is 4.98 Å². The minimum Gasteiger partial charge on any atom is -0.472 e. The van der Waals surface area contributed by atoms with Crippen molar-refractivity contribution in [3.05, 3.63) is 24.4 Å². The normalized spacial score (nSPS) is 30.9. The van der Waals surface area contributed by atoms with Crippen LogP contribution in [0, 0.1) is 0 Å². The van der Waals surface area contributed by atoms with Crippen LogP contribution in [-0.2, 0) is 14.8 Å². The summed E-state index contributed by atoms with van der Waals surface area (Å²) < 4.78 is 36.3. The quantitative estimate of drug-likeness (QED) is 0.819. The Balaban J connectivity index is 1.63. The molecular formula is C13H18N2O4S.